The highest BCUT2D eigenvalue weighted by atomic mass is 16.5. The van der Waals surface area contributed by atoms with Crippen LogP contribution in [-0.2, 0) is 24.1 Å². The van der Waals surface area contributed by atoms with Crippen LogP contribution < -0.4 is 15.4 Å². The average molecular weight is 939 g/mol. The van der Waals surface area contributed by atoms with Crippen molar-refractivity contribution in [2.24, 2.45) is 4.99 Å². The van der Waals surface area contributed by atoms with E-state index in [2.05, 4.69) is 55.9 Å². The summed E-state index contributed by atoms with van der Waals surface area (Å²) in [7, 11) is 1.65. The molecule has 2 aromatic heterocycles. The summed E-state index contributed by atoms with van der Waals surface area (Å²) in [6, 6.07) is 50.0. The Balaban J connectivity index is 0.000000126. The lowest BCUT2D eigenvalue weighted by molar-refractivity contribution is -0.121. The molecule has 4 heterocycles. The van der Waals surface area contributed by atoms with Gasteiger partial charge in [-0.3, -0.25) is 19.3 Å². The Hall–Kier alpha value is -8.74. The molecule has 12 rings (SSSR count). The Morgan fingerprint density at radius 2 is 1.41 bits per heavy atom. The van der Waals surface area contributed by atoms with Gasteiger partial charge in [-0.1, -0.05) is 115 Å². The van der Waals surface area contributed by atoms with Gasteiger partial charge in [0.25, 0.3) is 11.8 Å². The molecule has 0 bridgehead atoms. The van der Waals surface area contributed by atoms with Crippen LogP contribution in [0.25, 0.3) is 44.2 Å². The number of carbonyl (C=O) groups is 3. The zero-order valence-corrected chi connectivity index (χ0v) is 39.3. The third kappa shape index (κ3) is 9.16. The number of aromatic nitrogens is 2. The molecule has 2 amide bonds. The van der Waals surface area contributed by atoms with Gasteiger partial charge in [-0.2, -0.15) is 0 Å². The van der Waals surface area contributed by atoms with E-state index < -0.39 is 17.9 Å². The number of hydrogen-bond donors (Lipinski definition) is 3. The van der Waals surface area contributed by atoms with Crippen molar-refractivity contribution < 1.29 is 28.6 Å². The normalized spacial score (nSPS) is 13.3. The van der Waals surface area contributed by atoms with E-state index in [4.69, 9.17) is 14.3 Å². The van der Waals surface area contributed by atoms with Crippen LogP contribution in [-0.4, -0.2) is 64.0 Å². The Bertz CT molecular complexity index is 3410. The van der Waals surface area contributed by atoms with Crippen molar-refractivity contribution >= 4 is 68.6 Å². The number of amides is 2. The number of benzene rings is 7. The molecule has 2 aliphatic heterocycles. The molecule has 0 fully saturated rings. The molecular formula is C59H50N6O6. The molecule has 3 aliphatic rings. The number of furan rings is 1. The molecule has 71 heavy (non-hydrogen) atoms. The minimum atomic E-state index is -0.918. The van der Waals surface area contributed by atoms with Crippen LogP contribution in [0.2, 0.25) is 0 Å². The highest BCUT2D eigenvalue weighted by Gasteiger charge is 2.41. The highest BCUT2D eigenvalue weighted by Crippen LogP contribution is 2.44. The second-order valence-corrected chi connectivity index (χ2v) is 17.3. The molecule has 1 aliphatic carbocycles. The van der Waals surface area contributed by atoms with E-state index in [-0.39, 0.29) is 12.4 Å². The Morgan fingerprint density at radius 3 is 2.07 bits per heavy atom. The average Bonchev–Trinajstić information content (AvgIpc) is 4.18. The fraction of sp³-hybridized carbons (Fsp3) is 0.153. The molecule has 12 heteroatoms. The molecule has 0 saturated heterocycles. The summed E-state index contributed by atoms with van der Waals surface area (Å²) in [5.74, 6) is 2.20. The number of ether oxygens (including phenoxy) is 1. The first-order valence-electron chi connectivity index (χ1n) is 23.6. The van der Waals surface area contributed by atoms with Crippen LogP contribution >= 0.6 is 0 Å². The first kappa shape index (κ1) is 46.0. The number of aryl methyl sites for hydroxylation is 2. The van der Waals surface area contributed by atoms with E-state index in [1.807, 2.05) is 97.2 Å². The van der Waals surface area contributed by atoms with Crippen LogP contribution in [0.4, 0.5) is 23.0 Å². The van der Waals surface area contributed by atoms with Gasteiger partial charge in [-0.15, -0.1) is 0 Å². The van der Waals surface area contributed by atoms with Crippen molar-refractivity contribution in [3.63, 3.8) is 0 Å². The fourth-order valence-electron chi connectivity index (χ4n) is 9.61. The van der Waals surface area contributed by atoms with Crippen LogP contribution in [0.3, 0.4) is 0 Å². The third-order valence-corrected chi connectivity index (χ3v) is 12.9. The van der Waals surface area contributed by atoms with E-state index in [0.717, 1.165) is 109 Å². The lowest BCUT2D eigenvalue weighted by Crippen LogP contribution is -2.45. The van der Waals surface area contributed by atoms with Crippen LogP contribution in [0, 0.1) is 0 Å². The van der Waals surface area contributed by atoms with Crippen molar-refractivity contribution in [3.8, 4) is 28.2 Å². The number of carbonyl (C=O) groups excluding carboxylic acids is 3. The number of anilines is 3. The first-order chi connectivity index (χ1) is 34.8. The second kappa shape index (κ2) is 20.5. The summed E-state index contributed by atoms with van der Waals surface area (Å²) >= 11 is 0. The van der Waals surface area contributed by atoms with Gasteiger partial charge < -0.3 is 24.9 Å². The van der Waals surface area contributed by atoms with Gasteiger partial charge >= 0.3 is 0 Å². The summed E-state index contributed by atoms with van der Waals surface area (Å²) in [6.45, 7) is 2.31. The van der Waals surface area contributed by atoms with Gasteiger partial charge in [0.05, 0.1) is 12.5 Å². The summed E-state index contributed by atoms with van der Waals surface area (Å²) in [6.07, 6.45) is 6.70. The van der Waals surface area contributed by atoms with Gasteiger partial charge in [-0.25, -0.2) is 15.0 Å². The largest absolute Gasteiger partial charge is 0.497 e. The number of imide groups is 1. The van der Waals surface area contributed by atoms with Gasteiger partial charge in [0.1, 0.15) is 35.3 Å². The predicted molar refractivity (Wildman–Crippen MR) is 279 cm³/mol. The molecule has 1 atom stereocenters. The predicted octanol–water partition coefficient (Wildman–Crippen LogP) is 11.9. The topological polar surface area (TPSA) is 159 Å². The molecule has 0 saturated carbocycles. The van der Waals surface area contributed by atoms with E-state index >= 15 is 0 Å². The van der Waals surface area contributed by atoms with Gasteiger partial charge in [-0.05, 0) is 90.2 Å². The SMILES string of the molecule is CC(=O)C(c1ccccc1)N1C(=O)c2ccc3c4c(ccc(c24)C1=O)CC3.COc1cccc(Nc2ncnc3c2CC=N3)c1.OCCCNc1cccc2oc(-c3ccccc3)c(-c3ccccc3)c12. The van der Waals surface area contributed by atoms with Crippen molar-refractivity contribution in [1.82, 2.24) is 14.9 Å². The zero-order chi connectivity index (χ0) is 48.8. The Labute approximate surface area is 410 Å². The summed E-state index contributed by atoms with van der Waals surface area (Å²) in [4.78, 5) is 52.8. The van der Waals surface area contributed by atoms with Gasteiger partial charge in [0, 0.05) is 76.4 Å². The van der Waals surface area contributed by atoms with Gasteiger partial charge in [0.15, 0.2) is 11.6 Å². The highest BCUT2D eigenvalue weighted by molar-refractivity contribution is 6.27. The number of aliphatic hydroxyl groups excluding tert-OH is 1. The number of hydrogen-bond acceptors (Lipinski definition) is 11. The minimum Gasteiger partial charge on any atom is -0.497 e. The number of aliphatic imine (C=N–C) groups is 1. The van der Waals surface area contributed by atoms with Gasteiger partial charge in [0.2, 0.25) is 0 Å². The second-order valence-electron chi connectivity index (χ2n) is 17.3. The zero-order valence-electron chi connectivity index (χ0n) is 39.3. The van der Waals surface area contributed by atoms with E-state index in [1.54, 1.807) is 43.5 Å². The van der Waals surface area contributed by atoms with Crippen molar-refractivity contribution in [2.75, 3.05) is 30.9 Å². The van der Waals surface area contributed by atoms with Crippen LogP contribution in [0.15, 0.2) is 173 Å². The summed E-state index contributed by atoms with van der Waals surface area (Å²) < 4.78 is 11.5. The standard InChI is InChI=1S/C23H17NO3.C23H21NO2.C13H12N4O/c1-13(25)21(16-5-3-2-4-6-16)24-22(26)17-11-9-14-7-8-15-10-12-18(23(24)27)20(17)19(14)15;25-16-8-15-24-19-13-7-14-20-22(19)21(17-9-3-1-4-10-17)23(26-20)18-11-5-2-6-12-18;1-18-10-4-2-3-9(7-10)17-13-11-5-6-14-12(11)15-8-16-13/h2-6,9-12,21H,7-8H2,1H3;1-7,9-14,24-25H,8,15-16H2;2-4,6-8H,5H2,1H3,(H,15,16,17). The lowest BCUT2D eigenvalue weighted by atomic mass is 9.89. The summed E-state index contributed by atoms with van der Waals surface area (Å²) in [5, 5.41) is 18.7. The van der Waals surface area contributed by atoms with E-state index in [0.29, 0.717) is 23.1 Å². The minimum absolute atomic E-state index is 0.176. The maximum absolute atomic E-state index is 13.3. The maximum atomic E-state index is 13.3. The Morgan fingerprint density at radius 1 is 0.746 bits per heavy atom. The molecule has 352 valence electrons. The molecule has 7 aromatic carbocycles. The Kier molecular flexibility index (Phi) is 13.3. The quantitative estimate of drug-likeness (QED) is 0.0795. The van der Waals surface area contributed by atoms with Crippen LogP contribution in [0.1, 0.15) is 62.4 Å². The number of Topliss-reactive ketones (excluding diaryl/α,β-unsaturated/α-hetero) is 1. The van der Waals surface area contributed by atoms with E-state index in [9.17, 15) is 14.4 Å². The number of nitrogens with zero attached hydrogens (tertiary/aromatic N) is 4. The number of nitrogens with one attached hydrogen (secondary N) is 2. The molecule has 1 unspecified atom stereocenters. The number of rotatable bonds is 12. The smallest absolute Gasteiger partial charge is 0.262 e. The van der Waals surface area contributed by atoms with Crippen molar-refractivity contribution in [3.05, 3.63) is 197 Å². The number of aliphatic hydroxyl groups is 1. The fourth-order valence-corrected chi connectivity index (χ4v) is 9.61. The molecule has 0 spiro atoms. The van der Waals surface area contributed by atoms with E-state index in [1.165, 1.54) is 24.4 Å². The third-order valence-electron chi connectivity index (χ3n) is 12.9. The molecule has 0 radical (unpaired) electrons. The molecular weight excluding hydrogens is 889 g/mol. The number of fused-ring (bicyclic) bond motifs is 2. The van der Waals surface area contributed by atoms with Crippen molar-refractivity contribution in [2.45, 2.75) is 38.6 Å². The van der Waals surface area contributed by atoms with Crippen LogP contribution in [0.5, 0.6) is 5.75 Å². The first-order valence-corrected chi connectivity index (χ1v) is 23.6. The molecule has 12 nitrogen and oxygen atoms in total. The monoisotopic (exact) mass is 938 g/mol. The maximum Gasteiger partial charge on any atom is 0.262 e. The number of ketones is 1. The molecule has 9 aromatic rings. The summed E-state index contributed by atoms with van der Waals surface area (Å²) in [5.41, 5.74) is 11.2. The molecule has 3 N–H and O–H groups in total. The van der Waals surface area contributed by atoms with Crippen molar-refractivity contribution in [1.29, 1.82) is 0 Å². The number of methoxy groups -OCH3 is 1. The lowest BCUT2D eigenvalue weighted by Gasteiger charge is -2.33.